The van der Waals surface area contributed by atoms with E-state index >= 15 is 0 Å². The number of benzene rings is 4. The van der Waals surface area contributed by atoms with Crippen molar-refractivity contribution in [2.45, 2.75) is 0 Å². The fraction of sp³-hybridized carbons (Fsp3) is 0. The Morgan fingerprint density at radius 2 is 1.00 bits per heavy atom. The molecule has 0 N–H and O–H groups in total. The lowest BCUT2D eigenvalue weighted by Gasteiger charge is -2.27. The topological polar surface area (TPSA) is 4.93 Å². The van der Waals surface area contributed by atoms with Crippen LogP contribution in [-0.2, 0) is 0 Å². The lowest BCUT2D eigenvalue weighted by Crippen LogP contribution is -2.05. The van der Waals surface area contributed by atoms with Crippen molar-refractivity contribution in [1.29, 1.82) is 0 Å². The van der Waals surface area contributed by atoms with Gasteiger partial charge < -0.3 is 4.57 Å². The third-order valence-corrected chi connectivity index (χ3v) is 5.35. The third-order valence-electron chi connectivity index (χ3n) is 5.35. The molecule has 0 bridgehead atoms. The van der Waals surface area contributed by atoms with E-state index in [4.69, 9.17) is 0 Å². The zero-order valence-electron chi connectivity index (χ0n) is 13.6. The van der Waals surface area contributed by atoms with Crippen molar-refractivity contribution >= 4 is 21.8 Å². The maximum absolute atomic E-state index is 2.42. The highest BCUT2D eigenvalue weighted by Gasteiger charge is 2.26. The lowest BCUT2D eigenvalue weighted by atomic mass is 9.79. The summed E-state index contributed by atoms with van der Waals surface area (Å²) in [5.74, 6) is 0. The molecule has 1 aromatic heterocycles. The van der Waals surface area contributed by atoms with Crippen LogP contribution in [0.4, 0.5) is 0 Å². The van der Waals surface area contributed by atoms with Crippen LogP contribution in [0.25, 0.3) is 49.7 Å². The van der Waals surface area contributed by atoms with E-state index in [1.807, 2.05) is 0 Å². The summed E-state index contributed by atoms with van der Waals surface area (Å²) in [7, 11) is 0. The van der Waals surface area contributed by atoms with E-state index in [1.165, 1.54) is 49.7 Å². The first-order valence-electron chi connectivity index (χ1n) is 8.65. The first-order chi connectivity index (χ1) is 12.4. The third kappa shape index (κ3) is 1.58. The molecule has 0 fully saturated rings. The van der Waals surface area contributed by atoms with Crippen molar-refractivity contribution < 1.29 is 0 Å². The number of fused-ring (bicyclic) bond motifs is 7. The van der Waals surface area contributed by atoms with E-state index in [2.05, 4.69) is 95.6 Å². The Bertz CT molecular complexity index is 1240. The van der Waals surface area contributed by atoms with E-state index in [-0.39, 0.29) is 0 Å². The smallest absolute Gasteiger partial charge is 0.0547 e. The molecule has 0 saturated heterocycles. The van der Waals surface area contributed by atoms with Crippen LogP contribution in [0.5, 0.6) is 0 Å². The van der Waals surface area contributed by atoms with Crippen molar-refractivity contribution in [3.8, 4) is 27.9 Å². The summed E-state index contributed by atoms with van der Waals surface area (Å²) in [6.07, 6.45) is 0. The van der Waals surface area contributed by atoms with Crippen molar-refractivity contribution in [1.82, 2.24) is 4.57 Å². The molecule has 1 heterocycles. The highest BCUT2D eigenvalue weighted by Crippen LogP contribution is 2.50. The van der Waals surface area contributed by atoms with Gasteiger partial charge in [-0.05, 0) is 34.9 Å². The molecule has 0 radical (unpaired) electrons. The van der Waals surface area contributed by atoms with Gasteiger partial charge in [-0.1, -0.05) is 72.8 Å². The van der Waals surface area contributed by atoms with Crippen LogP contribution in [-0.4, -0.2) is 4.57 Å². The predicted octanol–water partition coefficient (Wildman–Crippen LogP) is 6.43. The van der Waals surface area contributed by atoms with Gasteiger partial charge in [0.15, 0.2) is 0 Å². The second-order valence-corrected chi connectivity index (χ2v) is 6.61. The molecule has 1 heteroatoms. The van der Waals surface area contributed by atoms with Crippen LogP contribution in [0.2, 0.25) is 0 Å². The van der Waals surface area contributed by atoms with Crippen molar-refractivity contribution in [3.05, 3.63) is 91.0 Å². The Kier molecular flexibility index (Phi) is 2.40. The van der Waals surface area contributed by atoms with Crippen LogP contribution in [0.1, 0.15) is 0 Å². The van der Waals surface area contributed by atoms with Gasteiger partial charge in [0.05, 0.1) is 16.7 Å². The molecule has 0 amide bonds. The van der Waals surface area contributed by atoms with E-state index in [1.54, 1.807) is 0 Å². The largest absolute Gasteiger partial charge is 0.309 e. The Balaban J connectivity index is 1.77. The van der Waals surface area contributed by atoms with Gasteiger partial charge in [0.25, 0.3) is 0 Å². The molecular formula is C24H15N. The van der Waals surface area contributed by atoms with Gasteiger partial charge in [0, 0.05) is 16.3 Å². The highest BCUT2D eigenvalue weighted by molar-refractivity contribution is 6.12. The van der Waals surface area contributed by atoms with Gasteiger partial charge in [0.1, 0.15) is 0 Å². The maximum atomic E-state index is 2.42. The summed E-state index contributed by atoms with van der Waals surface area (Å²) in [5, 5.41) is 2.62. The molecule has 1 aliphatic carbocycles. The Morgan fingerprint density at radius 1 is 0.440 bits per heavy atom. The number of hydrogen-bond acceptors (Lipinski definition) is 0. The number of rotatable bonds is 1. The molecule has 5 aromatic rings. The average Bonchev–Trinajstić information content (AvgIpc) is 3.00. The second-order valence-electron chi connectivity index (χ2n) is 6.61. The van der Waals surface area contributed by atoms with Gasteiger partial charge in [0.2, 0.25) is 0 Å². The van der Waals surface area contributed by atoms with Crippen LogP contribution < -0.4 is 0 Å². The lowest BCUT2D eigenvalue weighted by molar-refractivity contribution is 1.18. The van der Waals surface area contributed by atoms with E-state index in [9.17, 15) is 0 Å². The molecule has 4 aromatic carbocycles. The summed E-state index contributed by atoms with van der Waals surface area (Å²) < 4.78 is 2.42. The van der Waals surface area contributed by atoms with Crippen molar-refractivity contribution in [2.24, 2.45) is 0 Å². The average molecular weight is 317 g/mol. The van der Waals surface area contributed by atoms with Gasteiger partial charge in [-0.3, -0.25) is 0 Å². The molecule has 0 atom stereocenters. The molecule has 0 saturated carbocycles. The molecule has 1 aliphatic rings. The van der Waals surface area contributed by atoms with E-state index in [0.29, 0.717) is 0 Å². The normalized spacial score (nSPS) is 12.0. The minimum Gasteiger partial charge on any atom is -0.309 e. The van der Waals surface area contributed by atoms with Crippen molar-refractivity contribution in [3.63, 3.8) is 0 Å². The fourth-order valence-electron chi connectivity index (χ4n) is 4.29. The van der Waals surface area contributed by atoms with Gasteiger partial charge in [-0.2, -0.15) is 0 Å². The minimum absolute atomic E-state index is 1.27. The molecular weight excluding hydrogens is 302 g/mol. The van der Waals surface area contributed by atoms with Crippen LogP contribution in [0.3, 0.4) is 0 Å². The summed E-state index contributed by atoms with van der Waals surface area (Å²) >= 11 is 0. The van der Waals surface area contributed by atoms with Crippen LogP contribution in [0.15, 0.2) is 91.0 Å². The summed E-state index contributed by atoms with van der Waals surface area (Å²) in [4.78, 5) is 0. The molecule has 0 aliphatic heterocycles. The molecule has 25 heavy (non-hydrogen) atoms. The second kappa shape index (κ2) is 4.61. The molecule has 116 valence electrons. The monoisotopic (exact) mass is 317 g/mol. The summed E-state index contributed by atoms with van der Waals surface area (Å²) in [6, 6.07) is 32.7. The van der Waals surface area contributed by atoms with E-state index in [0.717, 1.165) is 0 Å². The maximum Gasteiger partial charge on any atom is 0.0547 e. The van der Waals surface area contributed by atoms with Gasteiger partial charge in [-0.15, -0.1) is 0 Å². The zero-order chi connectivity index (χ0) is 16.4. The standard InChI is InChI=1S/C24H15N/c1-2-11-19-16(8-1)20-12-7-15-23(24(19)20)25-21-13-5-3-9-17(21)18-10-4-6-14-22(18)25/h1-15H. The number of nitrogens with zero attached hydrogens (tertiary/aromatic N) is 1. The quantitative estimate of drug-likeness (QED) is 0.329. The molecule has 0 unspecified atom stereocenters. The summed E-state index contributed by atoms with van der Waals surface area (Å²) in [5.41, 5.74) is 9.24. The fourth-order valence-corrected chi connectivity index (χ4v) is 4.29. The summed E-state index contributed by atoms with van der Waals surface area (Å²) in [6.45, 7) is 0. The van der Waals surface area contributed by atoms with Gasteiger partial charge in [-0.25, -0.2) is 0 Å². The van der Waals surface area contributed by atoms with Crippen LogP contribution in [0, 0.1) is 0 Å². The predicted molar refractivity (Wildman–Crippen MR) is 105 cm³/mol. The Labute approximate surface area is 145 Å². The first kappa shape index (κ1) is 13.0. The molecule has 0 spiro atoms. The molecule has 6 rings (SSSR count). The van der Waals surface area contributed by atoms with Gasteiger partial charge >= 0.3 is 0 Å². The molecule has 1 nitrogen and oxygen atoms in total. The Morgan fingerprint density at radius 3 is 1.72 bits per heavy atom. The first-order valence-corrected chi connectivity index (χ1v) is 8.65. The SMILES string of the molecule is c1ccc2c(c1)-c1cccc(-n3c4ccccc4c4ccccc43)c1-2. The van der Waals surface area contributed by atoms with Crippen molar-refractivity contribution in [2.75, 3.05) is 0 Å². The number of aromatic nitrogens is 1. The number of para-hydroxylation sites is 2. The van der Waals surface area contributed by atoms with Crippen LogP contribution >= 0.6 is 0 Å². The minimum atomic E-state index is 1.27. The highest BCUT2D eigenvalue weighted by atomic mass is 15.0. The number of hydrogen-bond donors (Lipinski definition) is 0. The van der Waals surface area contributed by atoms with E-state index < -0.39 is 0 Å². The zero-order valence-corrected chi connectivity index (χ0v) is 13.6. The Hall–Kier alpha value is -3.32.